The minimum absolute atomic E-state index is 0.0324. The van der Waals surface area contributed by atoms with Crippen molar-refractivity contribution in [1.29, 1.82) is 0 Å². The summed E-state index contributed by atoms with van der Waals surface area (Å²) >= 11 is 5.40. The molecule has 6 N–H and O–H groups in total. The maximum Gasteiger partial charge on any atom is 0.326 e. The summed E-state index contributed by atoms with van der Waals surface area (Å²) < 4.78 is 0. The molecule has 0 saturated carbocycles. The third-order valence-corrected chi connectivity index (χ3v) is 3.70. The van der Waals surface area contributed by atoms with Gasteiger partial charge in [-0.05, 0) is 18.4 Å². The zero-order valence-electron chi connectivity index (χ0n) is 12.7. The summed E-state index contributed by atoms with van der Waals surface area (Å²) in [5.41, 5.74) is 5.13. The molecule has 0 spiro atoms. The topological polar surface area (TPSA) is 151 Å². The molecule has 0 bridgehead atoms. The van der Waals surface area contributed by atoms with E-state index in [1.807, 2.05) is 6.26 Å². The zero-order chi connectivity index (χ0) is 17.8. The number of amides is 3. The average molecular weight is 366 g/mol. The normalized spacial score (nSPS) is 12.8. The van der Waals surface area contributed by atoms with E-state index in [0.29, 0.717) is 5.75 Å². The van der Waals surface area contributed by atoms with E-state index in [1.165, 1.54) is 11.8 Å². The molecule has 0 heterocycles. The SMILES string of the molecule is CSCCC(NC(=O)CNC(=O)C(CS)NC(=O)CN)C(=O)O. The quantitative estimate of drug-likeness (QED) is 0.227. The minimum Gasteiger partial charge on any atom is -0.480 e. The average Bonchev–Trinajstić information content (AvgIpc) is 2.53. The molecule has 0 aliphatic carbocycles. The number of hydrogen-bond acceptors (Lipinski definition) is 7. The van der Waals surface area contributed by atoms with Gasteiger partial charge >= 0.3 is 5.97 Å². The summed E-state index contributed by atoms with van der Waals surface area (Å²) in [5, 5.41) is 16.0. The number of carbonyl (C=O) groups is 4. The van der Waals surface area contributed by atoms with Gasteiger partial charge in [0.2, 0.25) is 17.7 Å². The van der Waals surface area contributed by atoms with Gasteiger partial charge < -0.3 is 26.8 Å². The van der Waals surface area contributed by atoms with Crippen molar-refractivity contribution < 1.29 is 24.3 Å². The van der Waals surface area contributed by atoms with E-state index >= 15 is 0 Å². The van der Waals surface area contributed by atoms with Gasteiger partial charge in [-0.25, -0.2) is 4.79 Å². The lowest BCUT2D eigenvalue weighted by Crippen LogP contribution is -2.52. The summed E-state index contributed by atoms with van der Waals surface area (Å²) in [6, 6.07) is -1.93. The summed E-state index contributed by atoms with van der Waals surface area (Å²) in [6.07, 6.45) is 2.11. The van der Waals surface area contributed by atoms with Crippen molar-refractivity contribution >= 4 is 48.1 Å². The van der Waals surface area contributed by atoms with Crippen molar-refractivity contribution in [2.75, 3.05) is 30.9 Å². The highest BCUT2D eigenvalue weighted by Crippen LogP contribution is 2.00. The first-order valence-corrected chi connectivity index (χ1v) is 8.77. The second-order valence-corrected chi connectivity index (χ2v) is 5.82. The number of thioether (sulfide) groups is 1. The molecule has 2 unspecified atom stereocenters. The number of hydrogen-bond donors (Lipinski definition) is 6. The van der Waals surface area contributed by atoms with Crippen LogP contribution >= 0.6 is 24.4 Å². The molecule has 0 radical (unpaired) electrons. The van der Waals surface area contributed by atoms with Crippen LogP contribution in [0, 0.1) is 0 Å². The third kappa shape index (κ3) is 9.31. The Hall–Kier alpha value is -1.46. The number of carbonyl (C=O) groups excluding carboxylic acids is 3. The number of thiol groups is 1. The van der Waals surface area contributed by atoms with E-state index in [0.717, 1.165) is 0 Å². The molecule has 0 aromatic rings. The fourth-order valence-electron chi connectivity index (χ4n) is 1.48. The van der Waals surface area contributed by atoms with Gasteiger partial charge in [0, 0.05) is 5.75 Å². The van der Waals surface area contributed by atoms with Crippen LogP contribution in [0.5, 0.6) is 0 Å². The largest absolute Gasteiger partial charge is 0.480 e. The summed E-state index contributed by atoms with van der Waals surface area (Å²) in [4.78, 5) is 45.7. The maximum absolute atomic E-state index is 11.8. The van der Waals surface area contributed by atoms with Crippen molar-refractivity contribution in [3.8, 4) is 0 Å². The van der Waals surface area contributed by atoms with Crippen molar-refractivity contribution in [2.45, 2.75) is 18.5 Å². The first-order valence-electron chi connectivity index (χ1n) is 6.74. The second kappa shape index (κ2) is 12.0. The Labute approximate surface area is 143 Å². The molecule has 0 saturated heterocycles. The van der Waals surface area contributed by atoms with Gasteiger partial charge in [0.1, 0.15) is 12.1 Å². The van der Waals surface area contributed by atoms with Crippen LogP contribution in [-0.2, 0) is 19.2 Å². The van der Waals surface area contributed by atoms with Crippen LogP contribution in [0.15, 0.2) is 0 Å². The van der Waals surface area contributed by atoms with E-state index in [-0.39, 0.29) is 18.7 Å². The van der Waals surface area contributed by atoms with Gasteiger partial charge in [0.15, 0.2) is 0 Å². The molecule has 0 aliphatic heterocycles. The molecule has 0 fully saturated rings. The lowest BCUT2D eigenvalue weighted by atomic mass is 10.2. The van der Waals surface area contributed by atoms with Gasteiger partial charge in [-0.15, -0.1) is 0 Å². The van der Waals surface area contributed by atoms with Crippen LogP contribution in [-0.4, -0.2) is 71.7 Å². The van der Waals surface area contributed by atoms with Crippen molar-refractivity contribution in [2.24, 2.45) is 5.73 Å². The first-order chi connectivity index (χ1) is 10.8. The molecule has 0 aliphatic rings. The van der Waals surface area contributed by atoms with Crippen molar-refractivity contribution in [3.05, 3.63) is 0 Å². The number of aliphatic carboxylic acids is 1. The minimum atomic E-state index is -1.14. The Morgan fingerprint density at radius 2 is 1.78 bits per heavy atom. The van der Waals surface area contributed by atoms with Crippen LogP contribution < -0.4 is 21.7 Å². The van der Waals surface area contributed by atoms with Gasteiger partial charge in [-0.1, -0.05) is 0 Å². The van der Waals surface area contributed by atoms with Crippen LogP contribution in [0.4, 0.5) is 0 Å². The van der Waals surface area contributed by atoms with Crippen LogP contribution in [0.1, 0.15) is 6.42 Å². The number of carboxylic acid groups (broad SMARTS) is 1. The molecule has 2 atom stereocenters. The predicted molar refractivity (Wildman–Crippen MR) is 90.4 cm³/mol. The van der Waals surface area contributed by atoms with E-state index in [1.54, 1.807) is 0 Å². The lowest BCUT2D eigenvalue weighted by molar-refractivity contribution is -0.141. The fraction of sp³-hybridized carbons (Fsp3) is 0.667. The zero-order valence-corrected chi connectivity index (χ0v) is 14.4. The highest BCUT2D eigenvalue weighted by molar-refractivity contribution is 7.98. The Morgan fingerprint density at radius 3 is 2.26 bits per heavy atom. The summed E-state index contributed by atoms with van der Waals surface area (Å²) in [7, 11) is 0. The third-order valence-electron chi connectivity index (χ3n) is 2.69. The molecule has 0 rings (SSSR count). The van der Waals surface area contributed by atoms with Crippen LogP contribution in [0.3, 0.4) is 0 Å². The Kier molecular flexibility index (Phi) is 11.3. The Balaban J connectivity index is 4.36. The first kappa shape index (κ1) is 21.5. The predicted octanol–water partition coefficient (Wildman–Crippen LogP) is -2.20. The van der Waals surface area contributed by atoms with E-state index in [2.05, 4.69) is 28.6 Å². The van der Waals surface area contributed by atoms with Crippen LogP contribution in [0.25, 0.3) is 0 Å². The van der Waals surface area contributed by atoms with Crippen molar-refractivity contribution in [3.63, 3.8) is 0 Å². The standard InChI is InChI=1S/C12H22N4O5S2/c1-23-3-2-7(12(20)21)15-10(18)5-14-11(19)8(6-22)16-9(17)4-13/h7-8,22H,2-6,13H2,1H3,(H,14,19)(H,15,18)(H,16,17)(H,20,21). The monoisotopic (exact) mass is 366 g/mol. The summed E-state index contributed by atoms with van der Waals surface area (Å²) in [6.45, 7) is -0.668. The van der Waals surface area contributed by atoms with Crippen molar-refractivity contribution in [1.82, 2.24) is 16.0 Å². The van der Waals surface area contributed by atoms with Gasteiger partial charge in [-0.2, -0.15) is 24.4 Å². The molecule has 0 aromatic carbocycles. The van der Waals surface area contributed by atoms with E-state index < -0.39 is 42.3 Å². The fourth-order valence-corrected chi connectivity index (χ4v) is 2.20. The lowest BCUT2D eigenvalue weighted by Gasteiger charge is -2.17. The molecular formula is C12H22N4O5S2. The molecule has 0 aromatic heterocycles. The maximum atomic E-state index is 11.8. The van der Waals surface area contributed by atoms with Crippen LogP contribution in [0.2, 0.25) is 0 Å². The smallest absolute Gasteiger partial charge is 0.326 e. The highest BCUT2D eigenvalue weighted by Gasteiger charge is 2.22. The highest BCUT2D eigenvalue weighted by atomic mass is 32.2. The molecule has 3 amide bonds. The summed E-state index contributed by atoms with van der Waals surface area (Å²) in [5.74, 6) is -2.28. The van der Waals surface area contributed by atoms with Gasteiger partial charge in [-0.3, -0.25) is 14.4 Å². The Morgan fingerprint density at radius 1 is 1.17 bits per heavy atom. The van der Waals surface area contributed by atoms with Gasteiger partial charge in [0.25, 0.3) is 0 Å². The molecule has 9 nitrogen and oxygen atoms in total. The number of carboxylic acids is 1. The second-order valence-electron chi connectivity index (χ2n) is 4.46. The molecule has 132 valence electrons. The Bertz CT molecular complexity index is 436. The molecule has 11 heteroatoms. The molecule has 23 heavy (non-hydrogen) atoms. The molecular weight excluding hydrogens is 344 g/mol. The van der Waals surface area contributed by atoms with E-state index in [4.69, 9.17) is 10.8 Å². The number of nitrogens with one attached hydrogen (secondary N) is 3. The van der Waals surface area contributed by atoms with Gasteiger partial charge in [0.05, 0.1) is 13.1 Å². The number of nitrogens with two attached hydrogens (primary N) is 1. The number of rotatable bonds is 11. The van der Waals surface area contributed by atoms with E-state index in [9.17, 15) is 19.2 Å².